The third-order valence-electron chi connectivity index (χ3n) is 5.72. The van der Waals surface area contributed by atoms with Gasteiger partial charge in [-0.2, -0.15) is 0 Å². The average molecular weight is 436 g/mol. The highest BCUT2D eigenvalue weighted by molar-refractivity contribution is 5.80. The number of benzene rings is 1. The number of imidazole rings is 1. The van der Waals surface area contributed by atoms with Crippen molar-refractivity contribution in [1.29, 1.82) is 0 Å². The maximum atomic E-state index is 13.4. The molecule has 0 aliphatic rings. The largest absolute Gasteiger partial charge is 0.496 e. The van der Waals surface area contributed by atoms with E-state index in [-0.39, 0.29) is 5.56 Å². The van der Waals surface area contributed by atoms with Gasteiger partial charge in [-0.15, -0.1) is 0 Å². The highest BCUT2D eigenvalue weighted by Crippen LogP contribution is 2.26. The van der Waals surface area contributed by atoms with Gasteiger partial charge in [0, 0.05) is 12.7 Å². The Morgan fingerprint density at radius 2 is 2.03 bits per heavy atom. The topological polar surface area (TPSA) is 112 Å². The van der Waals surface area contributed by atoms with Crippen LogP contribution in [0.2, 0.25) is 0 Å². The number of carboxylic acid groups (broad SMARTS) is 1. The van der Waals surface area contributed by atoms with E-state index in [0.717, 1.165) is 11.3 Å². The van der Waals surface area contributed by atoms with Crippen molar-refractivity contribution in [3.05, 3.63) is 70.1 Å². The highest BCUT2D eigenvalue weighted by Gasteiger charge is 2.34. The first kappa shape index (κ1) is 21.4. The number of nitrogens with zero attached hydrogens (tertiary/aromatic N) is 4. The summed E-state index contributed by atoms with van der Waals surface area (Å²) in [5.74, 6) is 0.355. The molecule has 4 aromatic rings. The Balaban J connectivity index is 1.92. The number of methoxy groups -OCH3 is 1. The Bertz CT molecular complexity index is 1350. The molecule has 9 nitrogen and oxygen atoms in total. The molecule has 3 aromatic heterocycles. The molecule has 0 radical (unpaired) electrons. The van der Waals surface area contributed by atoms with E-state index in [1.165, 1.54) is 30.7 Å². The van der Waals surface area contributed by atoms with Crippen molar-refractivity contribution in [2.24, 2.45) is 0 Å². The number of aromatic nitrogens is 4. The normalized spacial score (nSPS) is 11.8. The minimum absolute atomic E-state index is 0.164. The predicted octanol–water partition coefficient (Wildman–Crippen LogP) is 3.07. The summed E-state index contributed by atoms with van der Waals surface area (Å²) in [6, 6.07) is 7.68. The quantitative estimate of drug-likeness (QED) is 0.474. The zero-order chi connectivity index (χ0) is 23.0. The Morgan fingerprint density at radius 1 is 1.28 bits per heavy atom. The fourth-order valence-electron chi connectivity index (χ4n) is 3.71. The lowest BCUT2D eigenvalue weighted by atomic mass is 9.86. The third kappa shape index (κ3) is 3.45. The summed E-state index contributed by atoms with van der Waals surface area (Å²) in [5, 5.41) is 9.77. The number of ether oxygens (including phenoxy) is 1. The number of aliphatic carboxylic acids is 1. The van der Waals surface area contributed by atoms with Crippen molar-refractivity contribution >= 4 is 11.7 Å². The molecule has 4 rings (SSSR count). The Hall–Kier alpha value is -3.88. The molecule has 1 N–H and O–H groups in total. The molecule has 3 heterocycles. The van der Waals surface area contributed by atoms with E-state index < -0.39 is 16.9 Å². The van der Waals surface area contributed by atoms with E-state index in [0.29, 0.717) is 36.0 Å². The van der Waals surface area contributed by atoms with Crippen molar-refractivity contribution in [3.8, 4) is 17.3 Å². The zero-order valence-corrected chi connectivity index (χ0v) is 18.3. The van der Waals surface area contributed by atoms with Crippen LogP contribution in [0.25, 0.3) is 17.4 Å². The fraction of sp³-hybridized carbons (Fsp3) is 0.304. The van der Waals surface area contributed by atoms with Gasteiger partial charge in [0.15, 0.2) is 0 Å². The predicted molar refractivity (Wildman–Crippen MR) is 117 cm³/mol. The fourth-order valence-corrected chi connectivity index (χ4v) is 3.71. The standard InChI is InChI=1S/C23H24N4O5/c1-14-18(19-24-10-12-32-19)25-22-26(11-9-15-7-5-6-8-17(15)31-4)13-16(20(28)27(14)22)23(2,3)21(29)30/h5-8,10,12-13H,9,11H2,1-4H3,(H,29,30). The molecule has 0 unspecified atom stereocenters. The maximum absolute atomic E-state index is 13.4. The SMILES string of the molecule is COc1ccccc1CCn1cc(C(C)(C)C(=O)O)c(=O)n2c(C)c(-c3ncco3)nc12. The second-order valence-corrected chi connectivity index (χ2v) is 8.05. The molecule has 0 aliphatic carbocycles. The molecule has 1 aromatic carbocycles. The molecule has 0 bridgehead atoms. The highest BCUT2D eigenvalue weighted by atomic mass is 16.5. The van der Waals surface area contributed by atoms with Crippen LogP contribution in [-0.2, 0) is 23.2 Å². The van der Waals surface area contributed by atoms with Gasteiger partial charge in [-0.3, -0.25) is 9.59 Å². The first-order valence-corrected chi connectivity index (χ1v) is 10.1. The molecule has 9 heteroatoms. The third-order valence-corrected chi connectivity index (χ3v) is 5.72. The molecular formula is C23H24N4O5. The van der Waals surface area contributed by atoms with Gasteiger partial charge in [0.2, 0.25) is 11.7 Å². The molecule has 0 fully saturated rings. The lowest BCUT2D eigenvalue weighted by molar-refractivity contribution is -0.142. The maximum Gasteiger partial charge on any atom is 0.313 e. The lowest BCUT2D eigenvalue weighted by Gasteiger charge is -2.21. The van der Waals surface area contributed by atoms with Crippen LogP contribution >= 0.6 is 0 Å². The number of hydrogen-bond donors (Lipinski definition) is 1. The van der Waals surface area contributed by atoms with Gasteiger partial charge in [-0.25, -0.2) is 14.4 Å². The van der Waals surface area contributed by atoms with Gasteiger partial charge in [0.05, 0.1) is 30.0 Å². The monoisotopic (exact) mass is 436 g/mol. The van der Waals surface area contributed by atoms with Crippen LogP contribution < -0.4 is 10.3 Å². The van der Waals surface area contributed by atoms with Crippen LogP contribution in [0.4, 0.5) is 0 Å². The number of rotatable bonds is 7. The van der Waals surface area contributed by atoms with Crippen LogP contribution in [-0.4, -0.2) is 37.1 Å². The smallest absolute Gasteiger partial charge is 0.313 e. The number of aryl methyl sites for hydroxylation is 3. The minimum Gasteiger partial charge on any atom is -0.496 e. The lowest BCUT2D eigenvalue weighted by Crippen LogP contribution is -2.37. The number of para-hydroxylation sites is 1. The van der Waals surface area contributed by atoms with Gasteiger partial charge in [-0.1, -0.05) is 18.2 Å². The molecule has 0 spiro atoms. The molecule has 32 heavy (non-hydrogen) atoms. The number of carboxylic acids is 1. The van der Waals surface area contributed by atoms with Gasteiger partial charge < -0.3 is 18.8 Å². The Kier molecular flexibility index (Phi) is 5.33. The molecule has 0 saturated carbocycles. The van der Waals surface area contributed by atoms with E-state index in [4.69, 9.17) is 9.15 Å². The molecule has 0 amide bonds. The Morgan fingerprint density at radius 3 is 2.69 bits per heavy atom. The number of carbonyl (C=O) groups is 1. The van der Waals surface area contributed by atoms with E-state index in [2.05, 4.69) is 9.97 Å². The van der Waals surface area contributed by atoms with Gasteiger partial charge in [0.25, 0.3) is 5.56 Å². The van der Waals surface area contributed by atoms with E-state index in [1.807, 2.05) is 24.3 Å². The average Bonchev–Trinajstić information content (AvgIpc) is 3.41. The summed E-state index contributed by atoms with van der Waals surface area (Å²) in [5.41, 5.74) is 0.296. The summed E-state index contributed by atoms with van der Waals surface area (Å²) in [6.07, 6.45) is 5.12. The zero-order valence-electron chi connectivity index (χ0n) is 18.3. The van der Waals surface area contributed by atoms with Crippen molar-refractivity contribution in [2.75, 3.05) is 7.11 Å². The van der Waals surface area contributed by atoms with Gasteiger partial charge in [-0.05, 0) is 38.8 Å². The summed E-state index contributed by atoms with van der Waals surface area (Å²) >= 11 is 0. The molecule has 166 valence electrons. The summed E-state index contributed by atoms with van der Waals surface area (Å²) in [4.78, 5) is 34.1. The van der Waals surface area contributed by atoms with Crippen molar-refractivity contribution in [2.45, 2.75) is 39.2 Å². The van der Waals surface area contributed by atoms with E-state index in [9.17, 15) is 14.7 Å². The summed E-state index contributed by atoms with van der Waals surface area (Å²) in [7, 11) is 1.62. The van der Waals surface area contributed by atoms with Gasteiger partial charge >= 0.3 is 5.97 Å². The Labute approximate surface area is 183 Å². The van der Waals surface area contributed by atoms with Crippen LogP contribution in [0.5, 0.6) is 5.75 Å². The van der Waals surface area contributed by atoms with Crippen molar-refractivity contribution in [3.63, 3.8) is 0 Å². The van der Waals surface area contributed by atoms with Crippen molar-refractivity contribution in [1.82, 2.24) is 18.9 Å². The van der Waals surface area contributed by atoms with Crippen LogP contribution in [0, 0.1) is 6.92 Å². The first-order chi connectivity index (χ1) is 15.3. The molecule has 0 saturated heterocycles. The van der Waals surface area contributed by atoms with Crippen molar-refractivity contribution < 1.29 is 19.1 Å². The van der Waals surface area contributed by atoms with Crippen LogP contribution in [0.15, 0.2) is 52.1 Å². The van der Waals surface area contributed by atoms with Crippen LogP contribution in [0.3, 0.4) is 0 Å². The van der Waals surface area contributed by atoms with Gasteiger partial charge in [0.1, 0.15) is 17.7 Å². The molecule has 0 atom stereocenters. The first-order valence-electron chi connectivity index (χ1n) is 10.1. The summed E-state index contributed by atoms with van der Waals surface area (Å²) < 4.78 is 14.1. The molecular weight excluding hydrogens is 412 g/mol. The number of fused-ring (bicyclic) bond motifs is 1. The number of hydrogen-bond acceptors (Lipinski definition) is 6. The van der Waals surface area contributed by atoms with Crippen LogP contribution in [0.1, 0.15) is 30.7 Å². The van der Waals surface area contributed by atoms with E-state index in [1.54, 1.807) is 24.8 Å². The minimum atomic E-state index is -1.39. The summed E-state index contributed by atoms with van der Waals surface area (Å²) in [6.45, 7) is 5.23. The second kappa shape index (κ2) is 7.99. The second-order valence-electron chi connectivity index (χ2n) is 8.05. The van der Waals surface area contributed by atoms with E-state index >= 15 is 0 Å². The number of oxazole rings is 1. The molecule has 0 aliphatic heterocycles.